The number of carbonyl (C=O) groups excluding carboxylic acids is 2. The summed E-state index contributed by atoms with van der Waals surface area (Å²) in [6, 6.07) is 38.9. The minimum absolute atomic E-state index is 0.0422. The van der Waals surface area contributed by atoms with Crippen molar-refractivity contribution in [3.05, 3.63) is 133 Å². The Morgan fingerprint density at radius 3 is 1.65 bits per heavy atom. The summed E-state index contributed by atoms with van der Waals surface area (Å²) in [4.78, 5) is 49.7. The molecule has 4 saturated heterocycles. The molecule has 0 saturated carbocycles. The molecule has 1 N–H and O–H groups in total. The number of aromatic nitrogens is 4. The molecule has 4 aliphatic heterocycles. The number of morpholine rings is 2. The first-order valence-electron chi connectivity index (χ1n) is 23.7. The fourth-order valence-corrected chi connectivity index (χ4v) is 9.32. The lowest BCUT2D eigenvalue weighted by Crippen LogP contribution is -2.36. The molecule has 3 aromatic carbocycles. The molecule has 8 heterocycles. The van der Waals surface area contributed by atoms with E-state index in [0.717, 1.165) is 102 Å². The molecule has 4 aromatic heterocycles. The number of pyridine rings is 4. The molecule has 0 spiro atoms. The van der Waals surface area contributed by atoms with E-state index in [1.807, 2.05) is 59.5 Å². The SMILES string of the molecule is C[C@H](c1ccccc1)N1C[C@H](COc2nc(-c3ccc(N4CCOCC4)cc3)cc3ncccc23)CC1=O.O=C1C[C@@H](COc2nc(-c3ccc(N4CCOCC4)cc3)cc3ncccc23)CN1. The number of nitrogens with zero attached hydrogens (tertiary/aromatic N) is 7. The maximum absolute atomic E-state index is 12.8. The third kappa shape index (κ3) is 10.4. The number of nitrogens with one attached hydrogen (secondary N) is 1. The highest BCUT2D eigenvalue weighted by atomic mass is 16.5. The first kappa shape index (κ1) is 44.7. The van der Waals surface area contributed by atoms with E-state index in [1.165, 1.54) is 11.4 Å². The van der Waals surface area contributed by atoms with Crippen molar-refractivity contribution in [1.29, 1.82) is 0 Å². The molecular weight excluding hydrogens is 857 g/mol. The van der Waals surface area contributed by atoms with Crippen molar-refractivity contribution in [3.63, 3.8) is 0 Å². The average Bonchev–Trinajstić information content (AvgIpc) is 4.01. The van der Waals surface area contributed by atoms with Gasteiger partial charge in [0.05, 0.1) is 78.9 Å². The maximum Gasteiger partial charge on any atom is 0.223 e. The Bertz CT molecular complexity index is 2840. The number of ether oxygens (including phenoxy) is 4. The third-order valence-corrected chi connectivity index (χ3v) is 13.2. The van der Waals surface area contributed by atoms with Crippen molar-refractivity contribution in [2.24, 2.45) is 11.8 Å². The van der Waals surface area contributed by atoms with Gasteiger partial charge in [-0.15, -0.1) is 0 Å². The Balaban J connectivity index is 0.000000163. The van der Waals surface area contributed by atoms with Crippen molar-refractivity contribution < 1.29 is 28.5 Å². The molecule has 68 heavy (non-hydrogen) atoms. The fourth-order valence-electron chi connectivity index (χ4n) is 9.32. The highest BCUT2D eigenvalue weighted by Crippen LogP contribution is 2.34. The normalized spacial score (nSPS) is 18.9. The van der Waals surface area contributed by atoms with E-state index >= 15 is 0 Å². The molecule has 14 heteroatoms. The molecule has 0 radical (unpaired) electrons. The number of likely N-dealkylation sites (tertiary alicyclic amines) is 1. The minimum atomic E-state index is 0.0422. The lowest BCUT2D eigenvalue weighted by molar-refractivity contribution is -0.129. The van der Waals surface area contributed by atoms with Crippen LogP contribution in [0.3, 0.4) is 0 Å². The Kier molecular flexibility index (Phi) is 13.7. The van der Waals surface area contributed by atoms with E-state index in [-0.39, 0.29) is 29.7 Å². The predicted octanol–water partition coefficient (Wildman–Crippen LogP) is 7.77. The molecule has 11 rings (SSSR count). The van der Waals surface area contributed by atoms with Gasteiger partial charge in [-0.05, 0) is 73.2 Å². The largest absolute Gasteiger partial charge is 0.477 e. The van der Waals surface area contributed by atoms with Crippen LogP contribution in [0.15, 0.2) is 128 Å². The third-order valence-electron chi connectivity index (χ3n) is 13.2. The second kappa shape index (κ2) is 20.8. The number of amides is 2. The number of fused-ring (bicyclic) bond motifs is 2. The van der Waals surface area contributed by atoms with E-state index in [1.54, 1.807) is 12.4 Å². The van der Waals surface area contributed by atoms with Crippen LogP contribution in [0, 0.1) is 11.8 Å². The van der Waals surface area contributed by atoms with Crippen LogP contribution >= 0.6 is 0 Å². The maximum atomic E-state index is 12.8. The Hall–Kier alpha value is -7.16. The van der Waals surface area contributed by atoms with Crippen LogP contribution in [0.5, 0.6) is 11.8 Å². The van der Waals surface area contributed by atoms with Crippen LogP contribution < -0.4 is 24.6 Å². The molecule has 4 fully saturated rings. The fraction of sp³-hybridized carbons (Fsp3) is 0.333. The summed E-state index contributed by atoms with van der Waals surface area (Å²) >= 11 is 0. The highest BCUT2D eigenvalue weighted by Gasteiger charge is 2.34. The summed E-state index contributed by atoms with van der Waals surface area (Å²) < 4.78 is 23.3. The molecule has 7 aromatic rings. The van der Waals surface area contributed by atoms with Crippen LogP contribution in [0.4, 0.5) is 11.4 Å². The molecule has 348 valence electrons. The lowest BCUT2D eigenvalue weighted by Gasteiger charge is -2.28. The van der Waals surface area contributed by atoms with Crippen molar-refractivity contribution in [2.75, 3.05) is 88.7 Å². The number of hydrogen-bond donors (Lipinski definition) is 1. The van der Waals surface area contributed by atoms with E-state index in [0.29, 0.717) is 50.9 Å². The highest BCUT2D eigenvalue weighted by molar-refractivity contribution is 5.88. The zero-order valence-electron chi connectivity index (χ0n) is 38.3. The molecular formula is C54H56N8O6. The summed E-state index contributed by atoms with van der Waals surface area (Å²) in [6.45, 7) is 11.0. The smallest absolute Gasteiger partial charge is 0.223 e. The first-order valence-corrected chi connectivity index (χ1v) is 23.7. The van der Waals surface area contributed by atoms with Crippen molar-refractivity contribution in [1.82, 2.24) is 30.2 Å². The summed E-state index contributed by atoms with van der Waals surface area (Å²) in [5.41, 5.74) is 8.88. The molecule has 0 unspecified atom stereocenters. The topological polar surface area (TPSA) is 144 Å². The Morgan fingerprint density at radius 1 is 0.632 bits per heavy atom. The van der Waals surface area contributed by atoms with Gasteiger partial charge in [0.2, 0.25) is 23.6 Å². The standard InChI is InChI=1S/C31H32N4O3.C23H24N4O3/c1-22(24-6-3-2-4-7-24)35-20-23(18-30(35)36)21-38-31-27-8-5-13-32-29(27)19-28(33-31)25-9-11-26(12-10-25)34-14-16-37-17-15-34;28-22-12-16(14-25-22)15-30-23-19-2-1-7-24-21(19)13-20(26-23)17-3-5-18(6-4-17)27-8-10-29-11-9-27/h2-13,19,22-23H,14-18,20-21H2,1H3;1-7,13,16H,8-12,14-15H2,(H,25,28)/t22-,23-;16-/m11/s1. The number of rotatable bonds is 12. The van der Waals surface area contributed by atoms with Crippen LogP contribution in [0.2, 0.25) is 0 Å². The van der Waals surface area contributed by atoms with Gasteiger partial charge in [0.25, 0.3) is 0 Å². The van der Waals surface area contributed by atoms with Crippen molar-refractivity contribution >= 4 is 45.0 Å². The van der Waals surface area contributed by atoms with Crippen LogP contribution in [-0.4, -0.2) is 116 Å². The summed E-state index contributed by atoms with van der Waals surface area (Å²) in [6.07, 6.45) is 4.54. The van der Waals surface area contributed by atoms with Gasteiger partial charge < -0.3 is 39.0 Å². The van der Waals surface area contributed by atoms with Gasteiger partial charge in [0.15, 0.2) is 0 Å². The van der Waals surface area contributed by atoms with Crippen molar-refractivity contribution in [2.45, 2.75) is 25.8 Å². The van der Waals surface area contributed by atoms with Gasteiger partial charge in [-0.3, -0.25) is 19.6 Å². The van der Waals surface area contributed by atoms with Gasteiger partial charge in [-0.25, -0.2) is 9.97 Å². The van der Waals surface area contributed by atoms with E-state index in [2.05, 4.69) is 92.7 Å². The number of carbonyl (C=O) groups is 2. The van der Waals surface area contributed by atoms with E-state index < -0.39 is 0 Å². The lowest BCUT2D eigenvalue weighted by atomic mass is 10.1. The molecule has 0 aliphatic carbocycles. The van der Waals surface area contributed by atoms with Gasteiger partial charge in [0, 0.05) is 98.8 Å². The van der Waals surface area contributed by atoms with Crippen molar-refractivity contribution in [3.8, 4) is 34.3 Å². The quantitative estimate of drug-likeness (QED) is 0.128. The number of anilines is 2. The molecule has 4 aliphatic rings. The molecule has 0 bridgehead atoms. The Morgan fingerprint density at radius 2 is 1.15 bits per heavy atom. The predicted molar refractivity (Wildman–Crippen MR) is 263 cm³/mol. The molecule has 3 atom stereocenters. The van der Waals surface area contributed by atoms with Gasteiger partial charge >= 0.3 is 0 Å². The molecule has 2 amide bonds. The van der Waals surface area contributed by atoms with Crippen LogP contribution in [0.1, 0.15) is 31.4 Å². The monoisotopic (exact) mass is 912 g/mol. The second-order valence-corrected chi connectivity index (χ2v) is 17.8. The van der Waals surface area contributed by atoms with Crippen LogP contribution in [0.25, 0.3) is 44.3 Å². The van der Waals surface area contributed by atoms with Gasteiger partial charge in [-0.2, -0.15) is 0 Å². The average molecular weight is 913 g/mol. The Labute approximate surface area is 396 Å². The zero-order chi connectivity index (χ0) is 46.2. The molecule has 14 nitrogen and oxygen atoms in total. The van der Waals surface area contributed by atoms with E-state index in [4.69, 9.17) is 28.9 Å². The van der Waals surface area contributed by atoms with Gasteiger partial charge in [-0.1, -0.05) is 54.6 Å². The zero-order valence-corrected chi connectivity index (χ0v) is 38.3. The van der Waals surface area contributed by atoms with Crippen LogP contribution in [-0.2, 0) is 19.1 Å². The van der Waals surface area contributed by atoms with E-state index in [9.17, 15) is 9.59 Å². The van der Waals surface area contributed by atoms with Gasteiger partial charge in [0.1, 0.15) is 0 Å². The number of hydrogen-bond acceptors (Lipinski definition) is 12. The second-order valence-electron chi connectivity index (χ2n) is 17.8. The summed E-state index contributed by atoms with van der Waals surface area (Å²) in [7, 11) is 0. The summed E-state index contributed by atoms with van der Waals surface area (Å²) in [5.74, 6) is 1.65. The first-order chi connectivity index (χ1) is 33.4. The summed E-state index contributed by atoms with van der Waals surface area (Å²) in [5, 5.41) is 4.60. The minimum Gasteiger partial charge on any atom is -0.477 e. The number of benzene rings is 3.